The van der Waals surface area contributed by atoms with Crippen LogP contribution >= 0.6 is 11.6 Å². The molecule has 1 aromatic rings. The van der Waals surface area contributed by atoms with Crippen LogP contribution in [-0.2, 0) is 14.8 Å². The Balaban J connectivity index is 2.42. The number of carbonyl (C=O) groups is 1. The Bertz CT molecular complexity index is 619. The highest BCUT2D eigenvalue weighted by atomic mass is 35.5. The summed E-state index contributed by atoms with van der Waals surface area (Å²) < 4.78 is 22.7. The van der Waals surface area contributed by atoms with Crippen molar-refractivity contribution in [1.82, 2.24) is 0 Å². The smallest absolute Gasteiger partial charge is 0.228 e. The van der Waals surface area contributed by atoms with Crippen LogP contribution in [-0.4, -0.2) is 26.1 Å². The zero-order chi connectivity index (χ0) is 14.4. The quantitative estimate of drug-likeness (QED) is 0.895. The van der Waals surface area contributed by atoms with Crippen molar-refractivity contribution < 1.29 is 13.2 Å². The number of nitrogens with two attached hydrogens (primary N) is 1. The zero-order valence-corrected chi connectivity index (χ0v) is 12.3. The fourth-order valence-electron chi connectivity index (χ4n) is 2.44. The van der Waals surface area contributed by atoms with Crippen LogP contribution in [0.1, 0.15) is 17.5 Å². The maximum absolute atomic E-state index is 12.0. The summed E-state index contributed by atoms with van der Waals surface area (Å²) in [5, 5.41) is 4.87. The predicted molar refractivity (Wildman–Crippen MR) is 74.8 cm³/mol. The van der Waals surface area contributed by atoms with Gasteiger partial charge in [-0.25, -0.2) is 13.6 Å². The van der Waals surface area contributed by atoms with Crippen LogP contribution in [0.5, 0.6) is 0 Å². The van der Waals surface area contributed by atoms with Crippen molar-refractivity contribution in [2.45, 2.75) is 25.5 Å². The molecule has 1 aliphatic rings. The first-order chi connectivity index (χ1) is 8.70. The van der Waals surface area contributed by atoms with Crippen LogP contribution in [0.15, 0.2) is 12.1 Å². The van der Waals surface area contributed by atoms with Gasteiger partial charge >= 0.3 is 0 Å². The van der Waals surface area contributed by atoms with Gasteiger partial charge in [0.15, 0.2) is 0 Å². The first-order valence-electron chi connectivity index (χ1n) is 5.79. The van der Waals surface area contributed by atoms with Crippen LogP contribution in [0.25, 0.3) is 0 Å². The number of primary sulfonamides is 1. The van der Waals surface area contributed by atoms with Gasteiger partial charge in [0.2, 0.25) is 15.9 Å². The maximum atomic E-state index is 12.0. The average Bonchev–Trinajstić information content (AvgIpc) is 2.59. The third-order valence-electron chi connectivity index (χ3n) is 3.28. The Kier molecular flexibility index (Phi) is 3.59. The number of carbonyl (C=O) groups excluding carboxylic acids is 1. The molecule has 1 atom stereocenters. The summed E-state index contributed by atoms with van der Waals surface area (Å²) in [6.45, 7) is 3.78. The minimum atomic E-state index is -3.70. The zero-order valence-electron chi connectivity index (χ0n) is 10.7. The Morgan fingerprint density at radius 2 is 1.84 bits per heavy atom. The second-order valence-electron chi connectivity index (χ2n) is 4.81. The number of nitrogens with zero attached hydrogens (tertiary/aromatic N) is 1. The van der Waals surface area contributed by atoms with E-state index in [4.69, 9.17) is 16.7 Å². The van der Waals surface area contributed by atoms with E-state index in [9.17, 15) is 13.2 Å². The molecule has 2 N–H and O–H groups in total. The Morgan fingerprint density at radius 3 is 2.26 bits per heavy atom. The third kappa shape index (κ3) is 2.75. The number of hydrogen-bond acceptors (Lipinski definition) is 3. The second kappa shape index (κ2) is 4.77. The Hall–Kier alpha value is -1.11. The molecule has 0 saturated carbocycles. The van der Waals surface area contributed by atoms with Gasteiger partial charge in [0, 0.05) is 23.7 Å². The molecule has 7 heteroatoms. The molecule has 1 unspecified atom stereocenters. The van der Waals surface area contributed by atoms with Crippen molar-refractivity contribution in [3.05, 3.63) is 28.3 Å². The summed E-state index contributed by atoms with van der Waals surface area (Å²) in [6.07, 6.45) is -0.0691. The van der Waals surface area contributed by atoms with E-state index in [0.717, 1.165) is 16.8 Å². The predicted octanol–water partition coefficient (Wildman–Crippen LogP) is 1.35. The third-order valence-corrected chi connectivity index (χ3v) is 4.74. The Labute approximate surface area is 117 Å². The van der Waals surface area contributed by atoms with Gasteiger partial charge in [-0.05, 0) is 37.1 Å². The first-order valence-corrected chi connectivity index (χ1v) is 7.77. The van der Waals surface area contributed by atoms with E-state index in [1.807, 2.05) is 13.8 Å². The minimum Gasteiger partial charge on any atom is -0.310 e. The SMILES string of the molecule is Cc1cc(Cl)cc(C)c1N1CC(S(N)(=O)=O)CC1=O. The van der Waals surface area contributed by atoms with E-state index >= 15 is 0 Å². The fraction of sp³-hybridized carbons (Fsp3) is 0.417. The molecule has 0 radical (unpaired) electrons. The van der Waals surface area contributed by atoms with Crippen LogP contribution in [0.2, 0.25) is 5.02 Å². The van der Waals surface area contributed by atoms with Gasteiger partial charge in [0.05, 0.1) is 0 Å². The van der Waals surface area contributed by atoms with Gasteiger partial charge in [-0.3, -0.25) is 4.79 Å². The van der Waals surface area contributed by atoms with E-state index < -0.39 is 15.3 Å². The van der Waals surface area contributed by atoms with Gasteiger partial charge in [0.25, 0.3) is 0 Å². The number of anilines is 1. The van der Waals surface area contributed by atoms with Crippen molar-refractivity contribution in [3.63, 3.8) is 0 Å². The first kappa shape index (κ1) is 14.3. The van der Waals surface area contributed by atoms with Crippen molar-refractivity contribution in [2.24, 2.45) is 5.14 Å². The molecule has 5 nitrogen and oxygen atoms in total. The molecule has 0 spiro atoms. The molecule has 1 fully saturated rings. The van der Waals surface area contributed by atoms with Crippen LogP contribution in [0.3, 0.4) is 0 Å². The van der Waals surface area contributed by atoms with Crippen LogP contribution in [0.4, 0.5) is 5.69 Å². The number of benzene rings is 1. The Morgan fingerprint density at radius 1 is 1.32 bits per heavy atom. The van der Waals surface area contributed by atoms with Crippen LogP contribution < -0.4 is 10.0 Å². The number of aryl methyl sites for hydroxylation is 2. The molecule has 1 saturated heterocycles. The number of halogens is 1. The maximum Gasteiger partial charge on any atom is 0.228 e. The van der Waals surface area contributed by atoms with Gasteiger partial charge in [0.1, 0.15) is 5.25 Å². The minimum absolute atomic E-state index is 0.0691. The standard InChI is InChI=1S/C12H15ClN2O3S/c1-7-3-9(13)4-8(2)12(7)15-6-10(5-11(15)16)19(14,17)18/h3-4,10H,5-6H2,1-2H3,(H2,14,17,18). The van der Waals surface area contributed by atoms with E-state index in [1.54, 1.807) is 12.1 Å². The number of amides is 1. The molecule has 0 bridgehead atoms. The summed E-state index contributed by atoms with van der Waals surface area (Å²) in [5.74, 6) is -0.229. The van der Waals surface area contributed by atoms with E-state index in [1.165, 1.54) is 4.90 Å². The topological polar surface area (TPSA) is 80.5 Å². The molecule has 0 aromatic heterocycles. The van der Waals surface area contributed by atoms with Crippen molar-refractivity contribution in [2.75, 3.05) is 11.4 Å². The van der Waals surface area contributed by atoms with E-state index in [0.29, 0.717) is 5.02 Å². The molecular weight excluding hydrogens is 288 g/mol. The lowest BCUT2D eigenvalue weighted by Crippen LogP contribution is -2.32. The van der Waals surface area contributed by atoms with E-state index in [2.05, 4.69) is 0 Å². The summed E-state index contributed by atoms with van der Waals surface area (Å²) >= 11 is 5.95. The molecular formula is C12H15ClN2O3S. The highest BCUT2D eigenvalue weighted by Gasteiger charge is 2.38. The molecule has 2 rings (SSSR count). The lowest BCUT2D eigenvalue weighted by molar-refractivity contribution is -0.117. The van der Waals surface area contributed by atoms with Gasteiger partial charge < -0.3 is 4.90 Å². The molecule has 1 aliphatic heterocycles. The van der Waals surface area contributed by atoms with Gasteiger partial charge in [-0.15, -0.1) is 0 Å². The summed E-state index contributed by atoms with van der Waals surface area (Å²) in [6, 6.07) is 3.50. The molecule has 1 aromatic carbocycles. The summed E-state index contributed by atoms with van der Waals surface area (Å²) in [4.78, 5) is 13.5. The van der Waals surface area contributed by atoms with Crippen molar-refractivity contribution >= 4 is 33.2 Å². The van der Waals surface area contributed by atoms with E-state index in [-0.39, 0.29) is 18.9 Å². The van der Waals surface area contributed by atoms with Crippen LogP contribution in [0, 0.1) is 13.8 Å². The molecule has 19 heavy (non-hydrogen) atoms. The highest BCUT2D eigenvalue weighted by Crippen LogP contribution is 2.32. The molecule has 104 valence electrons. The lowest BCUT2D eigenvalue weighted by Gasteiger charge is -2.21. The molecule has 1 amide bonds. The summed E-state index contributed by atoms with van der Waals surface area (Å²) in [7, 11) is -3.70. The average molecular weight is 303 g/mol. The fourth-order valence-corrected chi connectivity index (χ4v) is 3.50. The second-order valence-corrected chi connectivity index (χ2v) is 7.09. The normalized spacial score (nSPS) is 20.1. The number of rotatable bonds is 2. The summed E-state index contributed by atoms with van der Waals surface area (Å²) in [5.41, 5.74) is 2.40. The monoisotopic (exact) mass is 302 g/mol. The largest absolute Gasteiger partial charge is 0.310 e. The van der Waals surface area contributed by atoms with Crippen molar-refractivity contribution in [1.29, 1.82) is 0 Å². The van der Waals surface area contributed by atoms with Gasteiger partial charge in [-0.2, -0.15) is 0 Å². The number of hydrogen-bond donors (Lipinski definition) is 1. The lowest BCUT2D eigenvalue weighted by atomic mass is 10.1. The number of sulfonamides is 1. The van der Waals surface area contributed by atoms with Gasteiger partial charge in [-0.1, -0.05) is 11.6 Å². The highest BCUT2D eigenvalue weighted by molar-refractivity contribution is 7.89. The molecule has 0 aliphatic carbocycles. The molecule has 1 heterocycles. The van der Waals surface area contributed by atoms with Crippen molar-refractivity contribution in [3.8, 4) is 0 Å².